The molecule has 0 aliphatic rings. The van der Waals surface area contributed by atoms with E-state index in [0.717, 1.165) is 20.2 Å². The number of fused-ring (bicyclic) bond motifs is 1. The fourth-order valence-electron chi connectivity index (χ4n) is 2.47. The Hall–Kier alpha value is -2.32. The van der Waals surface area contributed by atoms with Crippen molar-refractivity contribution < 1.29 is 14.3 Å². The van der Waals surface area contributed by atoms with Crippen LogP contribution in [0.5, 0.6) is 0 Å². The number of carbonyl (C=O) groups excluding carboxylic acids is 2. The minimum atomic E-state index is -0.512. The Morgan fingerprint density at radius 1 is 1.19 bits per heavy atom. The number of rotatable bonds is 5. The molecule has 0 radical (unpaired) electrons. The molecular formula is C18H19N3O3S2. The Kier molecular flexibility index (Phi) is 5.33. The number of esters is 1. The average molecular weight is 390 g/mol. The Balaban J connectivity index is 1.63. The highest BCUT2D eigenvalue weighted by Gasteiger charge is 2.23. The second kappa shape index (κ2) is 7.51. The smallest absolute Gasteiger partial charge is 0.350 e. The summed E-state index contributed by atoms with van der Waals surface area (Å²) in [6, 6.07) is 7.66. The quantitative estimate of drug-likeness (QED) is 0.622. The number of thiazole rings is 2. The van der Waals surface area contributed by atoms with Crippen molar-refractivity contribution in [1.82, 2.24) is 14.9 Å². The van der Waals surface area contributed by atoms with Gasteiger partial charge in [0.2, 0.25) is 0 Å². The number of carbonyl (C=O) groups is 2. The van der Waals surface area contributed by atoms with Gasteiger partial charge in [0.05, 0.1) is 27.0 Å². The Bertz CT molecular complexity index is 931. The van der Waals surface area contributed by atoms with Crippen molar-refractivity contribution in [3.8, 4) is 0 Å². The summed E-state index contributed by atoms with van der Waals surface area (Å²) in [4.78, 5) is 35.3. The molecule has 0 unspecified atom stereocenters. The van der Waals surface area contributed by atoms with Crippen molar-refractivity contribution >= 4 is 44.8 Å². The van der Waals surface area contributed by atoms with Crippen LogP contribution in [0.1, 0.15) is 38.3 Å². The average Bonchev–Trinajstić information content (AvgIpc) is 3.20. The summed E-state index contributed by atoms with van der Waals surface area (Å²) in [6.07, 6.45) is 0. The first-order valence-electron chi connectivity index (χ1n) is 8.09. The van der Waals surface area contributed by atoms with Crippen LogP contribution in [0, 0.1) is 13.8 Å². The molecule has 0 aliphatic carbocycles. The van der Waals surface area contributed by atoms with Crippen LogP contribution in [-0.4, -0.2) is 40.4 Å². The maximum atomic E-state index is 12.4. The van der Waals surface area contributed by atoms with Crippen LogP contribution in [0.25, 0.3) is 10.2 Å². The second-order valence-electron chi connectivity index (χ2n) is 5.92. The summed E-state index contributed by atoms with van der Waals surface area (Å²) >= 11 is 2.83. The summed E-state index contributed by atoms with van der Waals surface area (Å²) in [6.45, 7) is 5.19. The lowest BCUT2D eigenvalue weighted by Gasteiger charge is -2.23. The molecule has 136 valence electrons. The number of likely N-dealkylation sites (N-methyl/N-ethyl adjacent to an activating group) is 1. The highest BCUT2D eigenvalue weighted by atomic mass is 32.1. The lowest BCUT2D eigenvalue weighted by molar-refractivity contribution is -0.135. The third-order valence-corrected chi connectivity index (χ3v) is 6.32. The van der Waals surface area contributed by atoms with Gasteiger partial charge in [-0.1, -0.05) is 12.1 Å². The lowest BCUT2D eigenvalue weighted by Crippen LogP contribution is -2.33. The SMILES string of the molecule is Cc1nc(C)c(C(=O)OCC(=O)N(C)[C@@H](C)c2nc3ccccc3s2)s1. The molecule has 3 rings (SSSR count). The van der Waals surface area contributed by atoms with E-state index in [1.165, 1.54) is 11.3 Å². The largest absolute Gasteiger partial charge is 0.451 e. The van der Waals surface area contributed by atoms with Crippen molar-refractivity contribution in [1.29, 1.82) is 0 Å². The van der Waals surface area contributed by atoms with Gasteiger partial charge in [0.15, 0.2) is 6.61 Å². The predicted molar refractivity (Wildman–Crippen MR) is 103 cm³/mol. The van der Waals surface area contributed by atoms with Gasteiger partial charge < -0.3 is 9.64 Å². The van der Waals surface area contributed by atoms with Crippen molar-refractivity contribution in [2.45, 2.75) is 26.8 Å². The molecule has 3 aromatic rings. The standard InChI is InChI=1S/C18H19N3O3S2/c1-10-16(25-12(3)19-10)18(23)24-9-15(22)21(4)11(2)17-20-13-7-5-6-8-14(13)26-17/h5-8,11H,9H2,1-4H3/t11-/m0/s1. The van der Waals surface area contributed by atoms with Gasteiger partial charge in [0.1, 0.15) is 9.88 Å². The normalized spacial score (nSPS) is 12.2. The Morgan fingerprint density at radius 2 is 1.92 bits per heavy atom. The summed E-state index contributed by atoms with van der Waals surface area (Å²) in [5, 5.41) is 1.64. The molecule has 0 N–H and O–H groups in total. The molecule has 0 saturated heterocycles. The molecule has 8 heteroatoms. The van der Waals surface area contributed by atoms with Crippen LogP contribution >= 0.6 is 22.7 Å². The number of aromatic nitrogens is 2. The van der Waals surface area contributed by atoms with E-state index in [4.69, 9.17) is 4.74 Å². The van der Waals surface area contributed by atoms with E-state index in [1.807, 2.05) is 38.1 Å². The first kappa shape index (κ1) is 18.5. The van der Waals surface area contributed by atoms with Gasteiger partial charge >= 0.3 is 5.97 Å². The molecule has 0 bridgehead atoms. The number of para-hydroxylation sites is 1. The zero-order valence-electron chi connectivity index (χ0n) is 15.0. The molecule has 0 fully saturated rings. The maximum Gasteiger partial charge on any atom is 0.350 e. The van der Waals surface area contributed by atoms with E-state index in [-0.39, 0.29) is 18.6 Å². The molecule has 0 spiro atoms. The molecule has 6 nitrogen and oxygen atoms in total. The van der Waals surface area contributed by atoms with E-state index < -0.39 is 5.97 Å². The molecule has 1 aromatic carbocycles. The van der Waals surface area contributed by atoms with Gasteiger partial charge in [-0.15, -0.1) is 22.7 Å². The maximum absolute atomic E-state index is 12.4. The summed E-state index contributed by atoms with van der Waals surface area (Å²) < 4.78 is 6.25. The van der Waals surface area contributed by atoms with Gasteiger partial charge in [0.25, 0.3) is 5.91 Å². The van der Waals surface area contributed by atoms with Gasteiger partial charge in [-0.05, 0) is 32.9 Å². The van der Waals surface area contributed by atoms with Crippen molar-refractivity contribution in [3.63, 3.8) is 0 Å². The Morgan fingerprint density at radius 3 is 2.58 bits per heavy atom. The van der Waals surface area contributed by atoms with E-state index in [0.29, 0.717) is 10.6 Å². The van der Waals surface area contributed by atoms with Gasteiger partial charge in [-0.2, -0.15) is 0 Å². The molecule has 0 aliphatic heterocycles. The number of ether oxygens (including phenoxy) is 1. The fourth-order valence-corrected chi connectivity index (χ4v) is 4.34. The van der Waals surface area contributed by atoms with E-state index in [9.17, 15) is 9.59 Å². The molecular weight excluding hydrogens is 370 g/mol. The van der Waals surface area contributed by atoms with Crippen molar-refractivity contribution in [2.75, 3.05) is 13.7 Å². The summed E-state index contributed by atoms with van der Waals surface area (Å²) in [5.74, 6) is -0.786. The first-order valence-corrected chi connectivity index (χ1v) is 9.72. The molecule has 2 heterocycles. The zero-order chi connectivity index (χ0) is 18.8. The van der Waals surface area contributed by atoms with Crippen LogP contribution in [0.15, 0.2) is 24.3 Å². The first-order chi connectivity index (χ1) is 12.4. The third-order valence-electron chi connectivity index (χ3n) is 4.06. The minimum absolute atomic E-state index is 0.203. The van der Waals surface area contributed by atoms with Crippen LogP contribution in [0.4, 0.5) is 0 Å². The Labute approximate surface area is 159 Å². The summed E-state index contributed by atoms with van der Waals surface area (Å²) in [7, 11) is 1.69. The van der Waals surface area contributed by atoms with Gasteiger partial charge in [-0.3, -0.25) is 4.79 Å². The number of aryl methyl sites for hydroxylation is 2. The second-order valence-corrected chi connectivity index (χ2v) is 8.19. The molecule has 1 amide bonds. The van der Waals surface area contributed by atoms with Gasteiger partial charge in [0, 0.05) is 7.05 Å². The number of hydrogen-bond donors (Lipinski definition) is 0. The molecule has 0 saturated carbocycles. The molecule has 2 aromatic heterocycles. The van der Waals surface area contributed by atoms with Gasteiger partial charge in [-0.25, -0.2) is 14.8 Å². The van der Waals surface area contributed by atoms with Crippen molar-refractivity contribution in [3.05, 3.63) is 44.9 Å². The van der Waals surface area contributed by atoms with E-state index in [1.54, 1.807) is 30.2 Å². The number of benzene rings is 1. The molecule has 26 heavy (non-hydrogen) atoms. The minimum Gasteiger partial charge on any atom is -0.451 e. The zero-order valence-corrected chi connectivity index (χ0v) is 16.6. The highest BCUT2D eigenvalue weighted by molar-refractivity contribution is 7.18. The van der Waals surface area contributed by atoms with Crippen LogP contribution in [0.2, 0.25) is 0 Å². The third kappa shape index (κ3) is 3.76. The predicted octanol–water partition coefficient (Wildman–Crippen LogP) is 3.75. The monoisotopic (exact) mass is 389 g/mol. The van der Waals surface area contributed by atoms with Crippen LogP contribution < -0.4 is 0 Å². The molecule has 1 atom stereocenters. The van der Waals surface area contributed by atoms with E-state index >= 15 is 0 Å². The van der Waals surface area contributed by atoms with Crippen LogP contribution in [-0.2, 0) is 9.53 Å². The van der Waals surface area contributed by atoms with Crippen LogP contribution in [0.3, 0.4) is 0 Å². The topological polar surface area (TPSA) is 72.4 Å². The highest BCUT2D eigenvalue weighted by Crippen LogP contribution is 2.28. The summed E-state index contributed by atoms with van der Waals surface area (Å²) in [5.41, 5.74) is 1.55. The number of nitrogens with zero attached hydrogens (tertiary/aromatic N) is 3. The lowest BCUT2D eigenvalue weighted by atomic mass is 10.3. The number of amides is 1. The fraction of sp³-hybridized carbons (Fsp3) is 0.333. The number of hydrogen-bond acceptors (Lipinski definition) is 7. The van der Waals surface area contributed by atoms with Crippen molar-refractivity contribution in [2.24, 2.45) is 0 Å². The van der Waals surface area contributed by atoms with E-state index in [2.05, 4.69) is 9.97 Å².